The van der Waals surface area contributed by atoms with Crippen molar-refractivity contribution in [2.75, 3.05) is 25.5 Å². The lowest BCUT2D eigenvalue weighted by molar-refractivity contribution is -0.120. The summed E-state index contributed by atoms with van der Waals surface area (Å²) in [7, 11) is 1.90. The maximum Gasteiger partial charge on any atom is 0.241 e. The van der Waals surface area contributed by atoms with Gasteiger partial charge in [-0.2, -0.15) is 0 Å². The lowest BCUT2D eigenvalue weighted by Crippen LogP contribution is -2.41. The van der Waals surface area contributed by atoms with Gasteiger partial charge in [-0.25, -0.2) is 0 Å². The van der Waals surface area contributed by atoms with Crippen LogP contribution in [0, 0.1) is 0 Å². The second-order valence-electron chi connectivity index (χ2n) is 5.31. The Labute approximate surface area is 142 Å². The summed E-state index contributed by atoms with van der Waals surface area (Å²) in [5.74, 6) is 0.772. The minimum Gasteiger partial charge on any atom is -0.492 e. The average molecular weight is 333 g/mol. The number of nitrogens with one attached hydrogen (secondary N) is 1. The van der Waals surface area contributed by atoms with Crippen LogP contribution in [0.2, 0.25) is 5.02 Å². The minimum absolute atomic E-state index is 0.0606. The van der Waals surface area contributed by atoms with Gasteiger partial charge in [0.15, 0.2) is 0 Å². The van der Waals surface area contributed by atoms with E-state index in [0.717, 1.165) is 11.4 Å². The molecule has 0 spiro atoms. The standard InChI is InChI=1S/C18H21ClN2O2/c1-14(18(22)20-16-10-8-15(19)9-11-16)21(2)12-13-23-17-6-4-3-5-7-17/h3-11,14H,12-13H2,1-2H3,(H,20,22)/t14-/m0/s1. The van der Waals surface area contributed by atoms with E-state index in [1.165, 1.54) is 0 Å². The highest BCUT2D eigenvalue weighted by Gasteiger charge is 2.17. The number of nitrogens with zero attached hydrogens (tertiary/aromatic N) is 1. The molecule has 0 bridgehead atoms. The number of hydrogen-bond acceptors (Lipinski definition) is 3. The van der Waals surface area contributed by atoms with Crippen molar-refractivity contribution in [3.8, 4) is 5.75 Å². The molecule has 0 radical (unpaired) electrons. The van der Waals surface area contributed by atoms with E-state index < -0.39 is 0 Å². The van der Waals surface area contributed by atoms with Gasteiger partial charge in [-0.1, -0.05) is 29.8 Å². The number of hydrogen-bond donors (Lipinski definition) is 1. The van der Waals surface area contributed by atoms with E-state index in [1.807, 2.05) is 49.2 Å². The first-order valence-corrected chi connectivity index (χ1v) is 7.88. The summed E-state index contributed by atoms with van der Waals surface area (Å²) in [6.07, 6.45) is 0. The van der Waals surface area contributed by atoms with Crippen LogP contribution in [0.25, 0.3) is 0 Å². The molecule has 2 aromatic rings. The van der Waals surface area contributed by atoms with Crippen molar-refractivity contribution in [2.45, 2.75) is 13.0 Å². The molecule has 1 N–H and O–H groups in total. The van der Waals surface area contributed by atoms with E-state index in [2.05, 4.69) is 5.32 Å². The molecule has 23 heavy (non-hydrogen) atoms. The second kappa shape index (κ2) is 8.56. The zero-order valence-corrected chi connectivity index (χ0v) is 14.1. The lowest BCUT2D eigenvalue weighted by Gasteiger charge is -2.23. The first kappa shape index (κ1) is 17.3. The van der Waals surface area contributed by atoms with E-state index in [-0.39, 0.29) is 11.9 Å². The van der Waals surface area contributed by atoms with Crippen molar-refractivity contribution in [3.05, 3.63) is 59.6 Å². The molecular weight excluding hydrogens is 312 g/mol. The van der Waals surface area contributed by atoms with Gasteiger partial charge in [-0.05, 0) is 50.4 Å². The summed E-state index contributed by atoms with van der Waals surface area (Å²) in [5.41, 5.74) is 0.736. The molecule has 4 nitrogen and oxygen atoms in total. The summed E-state index contributed by atoms with van der Waals surface area (Å²) in [6.45, 7) is 3.05. The fourth-order valence-corrected chi connectivity index (χ4v) is 2.12. The SMILES string of the molecule is C[C@@H](C(=O)Nc1ccc(Cl)cc1)N(C)CCOc1ccccc1. The summed E-state index contributed by atoms with van der Waals surface area (Å²) in [6, 6.07) is 16.4. The van der Waals surface area contributed by atoms with Gasteiger partial charge in [0.2, 0.25) is 5.91 Å². The van der Waals surface area contributed by atoms with Crippen molar-refractivity contribution >= 4 is 23.2 Å². The largest absolute Gasteiger partial charge is 0.492 e. The number of ether oxygens (including phenoxy) is 1. The molecule has 2 rings (SSSR count). The lowest BCUT2D eigenvalue weighted by atomic mass is 10.2. The third-order valence-electron chi connectivity index (χ3n) is 3.61. The number of carbonyl (C=O) groups is 1. The molecule has 122 valence electrons. The Hall–Kier alpha value is -2.04. The summed E-state index contributed by atoms with van der Waals surface area (Å²) in [5, 5.41) is 3.52. The van der Waals surface area contributed by atoms with Crippen molar-refractivity contribution in [1.82, 2.24) is 4.90 Å². The van der Waals surface area contributed by atoms with Crippen LogP contribution in [-0.2, 0) is 4.79 Å². The number of rotatable bonds is 7. The Morgan fingerprint density at radius 1 is 1.17 bits per heavy atom. The molecule has 0 saturated heterocycles. The Morgan fingerprint density at radius 3 is 2.48 bits per heavy atom. The first-order valence-electron chi connectivity index (χ1n) is 7.51. The van der Waals surface area contributed by atoms with Crippen LogP contribution < -0.4 is 10.1 Å². The number of benzene rings is 2. The highest BCUT2D eigenvalue weighted by molar-refractivity contribution is 6.30. The van der Waals surface area contributed by atoms with Gasteiger partial charge in [0.25, 0.3) is 0 Å². The van der Waals surface area contributed by atoms with Gasteiger partial charge >= 0.3 is 0 Å². The van der Waals surface area contributed by atoms with Crippen molar-refractivity contribution < 1.29 is 9.53 Å². The van der Waals surface area contributed by atoms with Crippen molar-refractivity contribution in [1.29, 1.82) is 0 Å². The average Bonchev–Trinajstić information content (AvgIpc) is 2.57. The van der Waals surface area contributed by atoms with Gasteiger partial charge in [-0.3, -0.25) is 9.69 Å². The fraction of sp³-hybridized carbons (Fsp3) is 0.278. The summed E-state index contributed by atoms with van der Waals surface area (Å²) in [4.78, 5) is 14.2. The van der Waals surface area contributed by atoms with E-state index in [4.69, 9.17) is 16.3 Å². The third kappa shape index (κ3) is 5.58. The van der Waals surface area contributed by atoms with Crippen LogP contribution in [0.15, 0.2) is 54.6 Å². The van der Waals surface area contributed by atoms with Crippen LogP contribution in [0.3, 0.4) is 0 Å². The van der Waals surface area contributed by atoms with E-state index in [1.54, 1.807) is 24.3 Å². The Bertz CT molecular complexity index is 617. The molecule has 1 amide bonds. The smallest absolute Gasteiger partial charge is 0.241 e. The van der Waals surface area contributed by atoms with Crippen LogP contribution in [0.4, 0.5) is 5.69 Å². The number of carbonyl (C=O) groups excluding carboxylic acids is 1. The maximum absolute atomic E-state index is 12.2. The summed E-state index contributed by atoms with van der Waals surface area (Å²) >= 11 is 5.83. The molecule has 0 fully saturated rings. The highest BCUT2D eigenvalue weighted by atomic mass is 35.5. The van der Waals surface area contributed by atoms with E-state index in [0.29, 0.717) is 18.2 Å². The molecule has 5 heteroatoms. The number of anilines is 1. The van der Waals surface area contributed by atoms with Gasteiger partial charge in [-0.15, -0.1) is 0 Å². The normalized spacial score (nSPS) is 12.0. The number of amides is 1. The first-order chi connectivity index (χ1) is 11.1. The Kier molecular flexibility index (Phi) is 6.44. The molecule has 0 unspecified atom stereocenters. The quantitative estimate of drug-likeness (QED) is 0.841. The molecule has 1 atom stereocenters. The predicted molar refractivity (Wildman–Crippen MR) is 94.1 cm³/mol. The third-order valence-corrected chi connectivity index (χ3v) is 3.86. The van der Waals surface area contributed by atoms with Crippen LogP contribution in [0.1, 0.15) is 6.92 Å². The second-order valence-corrected chi connectivity index (χ2v) is 5.75. The van der Waals surface area contributed by atoms with E-state index >= 15 is 0 Å². The zero-order valence-electron chi connectivity index (χ0n) is 13.3. The van der Waals surface area contributed by atoms with Crippen molar-refractivity contribution in [2.24, 2.45) is 0 Å². The molecular formula is C18H21ClN2O2. The minimum atomic E-state index is -0.259. The predicted octanol–water partition coefficient (Wildman–Crippen LogP) is 3.68. The van der Waals surface area contributed by atoms with Gasteiger partial charge in [0.05, 0.1) is 6.04 Å². The molecule has 0 aliphatic heterocycles. The van der Waals surface area contributed by atoms with Crippen LogP contribution in [0.5, 0.6) is 5.75 Å². The van der Waals surface area contributed by atoms with Crippen LogP contribution in [-0.4, -0.2) is 37.0 Å². The fourth-order valence-electron chi connectivity index (χ4n) is 2.00. The number of para-hydroxylation sites is 1. The van der Waals surface area contributed by atoms with Crippen molar-refractivity contribution in [3.63, 3.8) is 0 Å². The molecule has 0 heterocycles. The molecule has 0 aliphatic carbocycles. The molecule has 0 aliphatic rings. The molecule has 0 saturated carbocycles. The van der Waals surface area contributed by atoms with E-state index in [9.17, 15) is 4.79 Å². The monoisotopic (exact) mass is 332 g/mol. The van der Waals surface area contributed by atoms with Crippen LogP contribution >= 0.6 is 11.6 Å². The summed E-state index contributed by atoms with van der Waals surface area (Å²) < 4.78 is 5.65. The maximum atomic E-state index is 12.2. The van der Waals surface area contributed by atoms with Gasteiger partial charge in [0.1, 0.15) is 12.4 Å². The van der Waals surface area contributed by atoms with Gasteiger partial charge < -0.3 is 10.1 Å². The number of likely N-dealkylation sites (N-methyl/N-ethyl adjacent to an activating group) is 1. The Morgan fingerprint density at radius 2 is 1.83 bits per heavy atom. The molecule has 0 aromatic heterocycles. The topological polar surface area (TPSA) is 41.6 Å². The highest BCUT2D eigenvalue weighted by Crippen LogP contribution is 2.14. The van der Waals surface area contributed by atoms with Gasteiger partial charge in [0, 0.05) is 17.3 Å². The Balaban J connectivity index is 1.78. The molecule has 2 aromatic carbocycles. The zero-order chi connectivity index (χ0) is 16.7. The number of halogens is 1.